The summed E-state index contributed by atoms with van der Waals surface area (Å²) in [6.45, 7) is 0. The zero-order valence-corrected chi connectivity index (χ0v) is 20.7. The third kappa shape index (κ3) is 4.62. The molecule has 0 amide bonds. The molecule has 0 aliphatic rings. The van der Waals surface area contributed by atoms with Crippen LogP contribution in [-0.2, 0) is 0 Å². The molecule has 0 unspecified atom stereocenters. The monoisotopic (exact) mass is 539 g/mol. The van der Waals surface area contributed by atoms with Gasteiger partial charge in [-0.3, -0.25) is 0 Å². The predicted octanol–water partition coefficient (Wildman–Crippen LogP) is 5.68. The highest BCUT2D eigenvalue weighted by Gasteiger charge is 2.15. The first-order valence-corrected chi connectivity index (χ1v) is 11.5. The maximum absolute atomic E-state index is 12.5. The molecule has 2 aromatic heterocycles. The van der Waals surface area contributed by atoms with Crippen molar-refractivity contribution >= 4 is 49.5 Å². The molecule has 1 N–H and O–H groups in total. The molecule has 4 rings (SSSR count). The standard InChI is InChI=1S/C24H18BrN3O5S/c1-30-20-8-16(9-21(31-2)22(20)32-3)27-11-14(10-26)23-28-18(12-34-23)17-7-13-6-15(25)4-5-19(13)33-24(17)29/h4-9,11-12,27H,1-3H3/b14-11-. The fourth-order valence-electron chi connectivity index (χ4n) is 3.26. The Labute approximate surface area is 207 Å². The van der Waals surface area contributed by atoms with Crippen molar-refractivity contribution in [3.8, 4) is 34.6 Å². The van der Waals surface area contributed by atoms with Crippen molar-refractivity contribution < 1.29 is 18.6 Å². The van der Waals surface area contributed by atoms with Crippen molar-refractivity contribution in [2.45, 2.75) is 0 Å². The molecular formula is C24H18BrN3O5S. The van der Waals surface area contributed by atoms with Gasteiger partial charge >= 0.3 is 5.63 Å². The van der Waals surface area contributed by atoms with Gasteiger partial charge in [-0.2, -0.15) is 5.26 Å². The summed E-state index contributed by atoms with van der Waals surface area (Å²) in [6, 6.07) is 12.7. The Bertz CT molecular complexity index is 1480. The van der Waals surface area contributed by atoms with E-state index in [0.717, 1.165) is 9.86 Å². The van der Waals surface area contributed by atoms with Crippen LogP contribution in [0.4, 0.5) is 5.69 Å². The summed E-state index contributed by atoms with van der Waals surface area (Å²) < 4.78 is 22.3. The summed E-state index contributed by atoms with van der Waals surface area (Å²) in [5.74, 6) is 1.41. The fraction of sp³-hybridized carbons (Fsp3) is 0.125. The Morgan fingerprint density at radius 3 is 2.53 bits per heavy atom. The number of fused-ring (bicyclic) bond motifs is 1. The number of rotatable bonds is 7. The van der Waals surface area contributed by atoms with Crippen LogP contribution >= 0.6 is 27.3 Å². The quantitative estimate of drug-likeness (QED) is 0.236. The van der Waals surface area contributed by atoms with E-state index in [2.05, 4.69) is 32.3 Å². The van der Waals surface area contributed by atoms with Gasteiger partial charge in [-0.1, -0.05) is 15.9 Å². The lowest BCUT2D eigenvalue weighted by Gasteiger charge is -2.14. The zero-order chi connectivity index (χ0) is 24.2. The highest BCUT2D eigenvalue weighted by atomic mass is 79.9. The van der Waals surface area contributed by atoms with Crippen molar-refractivity contribution in [3.05, 3.63) is 67.9 Å². The normalized spacial score (nSPS) is 11.2. The van der Waals surface area contributed by atoms with Crippen LogP contribution in [0.15, 0.2) is 61.7 Å². The second-order valence-corrected chi connectivity index (χ2v) is 8.67. The number of aromatic nitrogens is 1. The van der Waals surface area contributed by atoms with Crippen molar-refractivity contribution in [2.24, 2.45) is 0 Å². The van der Waals surface area contributed by atoms with Gasteiger partial charge in [0.1, 0.15) is 22.2 Å². The smallest absolute Gasteiger partial charge is 0.345 e. The molecule has 0 atom stereocenters. The molecule has 172 valence electrons. The number of nitrogens with zero attached hydrogens (tertiary/aromatic N) is 2. The molecular weight excluding hydrogens is 522 g/mol. The molecule has 0 bridgehead atoms. The number of halogens is 1. The number of anilines is 1. The van der Waals surface area contributed by atoms with Crippen molar-refractivity contribution in [3.63, 3.8) is 0 Å². The summed E-state index contributed by atoms with van der Waals surface area (Å²) in [7, 11) is 4.57. The first kappa shape index (κ1) is 23.4. The topological polar surface area (TPSA) is 107 Å². The second-order valence-electron chi connectivity index (χ2n) is 6.90. The molecule has 0 spiro atoms. The fourth-order valence-corrected chi connectivity index (χ4v) is 4.42. The lowest BCUT2D eigenvalue weighted by molar-refractivity contribution is 0.324. The van der Waals surface area contributed by atoms with Crippen LogP contribution in [0.1, 0.15) is 5.01 Å². The number of hydrogen-bond acceptors (Lipinski definition) is 9. The van der Waals surface area contributed by atoms with Crippen LogP contribution in [0.25, 0.3) is 27.8 Å². The first-order valence-electron chi connectivity index (χ1n) is 9.84. The van der Waals surface area contributed by atoms with E-state index >= 15 is 0 Å². The zero-order valence-electron chi connectivity index (χ0n) is 18.3. The minimum atomic E-state index is -0.496. The molecule has 0 saturated carbocycles. The van der Waals surface area contributed by atoms with Crippen LogP contribution in [0, 0.1) is 11.3 Å². The van der Waals surface area contributed by atoms with E-state index in [-0.39, 0.29) is 5.57 Å². The molecule has 8 nitrogen and oxygen atoms in total. The van der Waals surface area contributed by atoms with Crippen LogP contribution in [0.5, 0.6) is 17.2 Å². The Morgan fingerprint density at radius 2 is 1.88 bits per heavy atom. The number of allylic oxidation sites excluding steroid dienone is 1. The molecule has 0 saturated heterocycles. The van der Waals surface area contributed by atoms with Crippen LogP contribution in [0.3, 0.4) is 0 Å². The molecule has 4 aromatic rings. The van der Waals surface area contributed by atoms with Crippen LogP contribution < -0.4 is 25.2 Å². The van der Waals surface area contributed by atoms with Gasteiger partial charge in [0.25, 0.3) is 0 Å². The van der Waals surface area contributed by atoms with Gasteiger partial charge in [0.15, 0.2) is 11.5 Å². The van der Waals surface area contributed by atoms with Gasteiger partial charge in [0, 0.05) is 39.3 Å². The Hall–Kier alpha value is -3.81. The average Bonchev–Trinajstić information content (AvgIpc) is 3.33. The Morgan fingerprint density at radius 1 is 1.15 bits per heavy atom. The number of ether oxygens (including phenoxy) is 3. The van der Waals surface area contributed by atoms with E-state index < -0.39 is 5.63 Å². The van der Waals surface area contributed by atoms with E-state index in [0.29, 0.717) is 44.8 Å². The number of methoxy groups -OCH3 is 3. The highest BCUT2D eigenvalue weighted by Crippen LogP contribution is 2.40. The number of benzene rings is 2. The summed E-state index contributed by atoms with van der Waals surface area (Å²) in [4.78, 5) is 17.0. The van der Waals surface area contributed by atoms with Gasteiger partial charge in [0.2, 0.25) is 5.75 Å². The van der Waals surface area contributed by atoms with Crippen LogP contribution in [-0.4, -0.2) is 26.3 Å². The summed E-state index contributed by atoms with van der Waals surface area (Å²) in [6.07, 6.45) is 1.53. The first-order chi connectivity index (χ1) is 16.5. The summed E-state index contributed by atoms with van der Waals surface area (Å²) in [5.41, 5.74) is 1.66. The number of hydrogen-bond donors (Lipinski definition) is 1. The molecule has 34 heavy (non-hydrogen) atoms. The lowest BCUT2D eigenvalue weighted by Crippen LogP contribution is -2.03. The van der Waals surface area contributed by atoms with Crippen molar-refractivity contribution in [1.29, 1.82) is 5.26 Å². The minimum absolute atomic E-state index is 0.290. The average molecular weight is 540 g/mol. The van der Waals surface area contributed by atoms with E-state index in [4.69, 9.17) is 18.6 Å². The Balaban J connectivity index is 1.65. The summed E-state index contributed by atoms with van der Waals surface area (Å²) in [5, 5.41) is 15.7. The molecule has 0 radical (unpaired) electrons. The molecule has 0 fully saturated rings. The van der Waals surface area contributed by atoms with Crippen molar-refractivity contribution in [2.75, 3.05) is 26.6 Å². The largest absolute Gasteiger partial charge is 0.493 e. The second kappa shape index (κ2) is 9.99. The molecule has 0 aliphatic heterocycles. The van der Waals surface area contributed by atoms with E-state index in [9.17, 15) is 10.1 Å². The molecule has 2 aromatic carbocycles. The third-order valence-corrected chi connectivity index (χ3v) is 6.24. The van der Waals surface area contributed by atoms with Crippen molar-refractivity contribution in [1.82, 2.24) is 4.98 Å². The molecule has 10 heteroatoms. The van der Waals surface area contributed by atoms with Gasteiger partial charge in [-0.05, 0) is 24.3 Å². The summed E-state index contributed by atoms with van der Waals surface area (Å²) >= 11 is 4.67. The van der Waals surface area contributed by atoms with Gasteiger partial charge in [-0.25, -0.2) is 9.78 Å². The molecule has 0 aliphatic carbocycles. The number of nitriles is 1. The van der Waals surface area contributed by atoms with Gasteiger partial charge in [-0.15, -0.1) is 11.3 Å². The third-order valence-electron chi connectivity index (χ3n) is 4.87. The highest BCUT2D eigenvalue weighted by molar-refractivity contribution is 9.10. The minimum Gasteiger partial charge on any atom is -0.493 e. The van der Waals surface area contributed by atoms with E-state index in [1.807, 2.05) is 6.07 Å². The van der Waals surface area contributed by atoms with Gasteiger partial charge < -0.3 is 23.9 Å². The lowest BCUT2D eigenvalue weighted by atomic mass is 10.1. The van der Waals surface area contributed by atoms with Crippen LogP contribution in [0.2, 0.25) is 0 Å². The maximum Gasteiger partial charge on any atom is 0.345 e. The Kier molecular flexibility index (Phi) is 6.86. The number of thiazole rings is 1. The SMILES string of the molecule is COc1cc(N/C=C(/C#N)c2nc(-c3cc4cc(Br)ccc4oc3=O)cs2)cc(OC)c1OC. The number of nitrogens with one attached hydrogen (secondary N) is 1. The van der Waals surface area contributed by atoms with E-state index in [1.54, 1.807) is 35.7 Å². The van der Waals surface area contributed by atoms with Gasteiger partial charge in [0.05, 0.1) is 32.6 Å². The predicted molar refractivity (Wildman–Crippen MR) is 135 cm³/mol. The molecule has 2 heterocycles. The maximum atomic E-state index is 12.5. The van der Waals surface area contributed by atoms with E-state index in [1.165, 1.54) is 38.9 Å².